The Kier molecular flexibility index (Phi) is 4.84. The first-order chi connectivity index (χ1) is 8.33. The molecule has 0 aliphatic rings. The highest BCUT2D eigenvalue weighted by Crippen LogP contribution is 2.22. The van der Waals surface area contributed by atoms with Gasteiger partial charge in [-0.3, -0.25) is 4.79 Å². The lowest BCUT2D eigenvalue weighted by Gasteiger charge is -2.15. The molecule has 0 fully saturated rings. The van der Waals surface area contributed by atoms with Crippen LogP contribution in [0.1, 0.15) is 10.4 Å². The molecular formula is C11H11ClF3NO2. The van der Waals surface area contributed by atoms with E-state index in [2.05, 4.69) is 4.74 Å². The molecule has 0 aliphatic carbocycles. The molecule has 0 saturated heterocycles. The zero-order valence-corrected chi connectivity index (χ0v) is 10.3. The summed E-state index contributed by atoms with van der Waals surface area (Å²) in [5, 5.41) is 0. The Morgan fingerprint density at radius 1 is 1.33 bits per heavy atom. The topological polar surface area (TPSA) is 29.5 Å². The van der Waals surface area contributed by atoms with Crippen LogP contribution in [0.25, 0.3) is 0 Å². The average molecular weight is 282 g/mol. The van der Waals surface area contributed by atoms with Crippen molar-refractivity contribution in [3.8, 4) is 5.75 Å². The van der Waals surface area contributed by atoms with Crippen molar-refractivity contribution in [1.29, 1.82) is 0 Å². The molecule has 0 heterocycles. The van der Waals surface area contributed by atoms with E-state index in [1.54, 1.807) is 7.05 Å². The number of carbonyl (C=O) groups excluding carboxylic acids is 1. The molecule has 0 saturated carbocycles. The summed E-state index contributed by atoms with van der Waals surface area (Å²) in [7, 11) is 1.56. The normalized spacial score (nSPS) is 11.2. The second-order valence-corrected chi connectivity index (χ2v) is 3.87. The number of halogens is 4. The fourth-order valence-corrected chi connectivity index (χ4v) is 1.50. The van der Waals surface area contributed by atoms with Gasteiger partial charge in [0.15, 0.2) is 0 Å². The van der Waals surface area contributed by atoms with Crippen LogP contribution in [0, 0.1) is 0 Å². The van der Waals surface area contributed by atoms with E-state index in [1.165, 1.54) is 17.0 Å². The van der Waals surface area contributed by atoms with Gasteiger partial charge in [-0.25, -0.2) is 0 Å². The Morgan fingerprint density at radius 3 is 2.33 bits per heavy atom. The first kappa shape index (κ1) is 14.6. The van der Waals surface area contributed by atoms with Gasteiger partial charge in [0.05, 0.1) is 0 Å². The first-order valence-corrected chi connectivity index (χ1v) is 5.54. The van der Waals surface area contributed by atoms with Crippen molar-refractivity contribution in [1.82, 2.24) is 4.90 Å². The van der Waals surface area contributed by atoms with Gasteiger partial charge in [-0.05, 0) is 24.3 Å². The van der Waals surface area contributed by atoms with Crippen molar-refractivity contribution < 1.29 is 22.7 Å². The third-order valence-electron chi connectivity index (χ3n) is 2.10. The summed E-state index contributed by atoms with van der Waals surface area (Å²) in [6.07, 6.45) is -4.74. The summed E-state index contributed by atoms with van der Waals surface area (Å²) < 4.78 is 39.4. The molecule has 100 valence electrons. The molecule has 18 heavy (non-hydrogen) atoms. The van der Waals surface area contributed by atoms with Gasteiger partial charge in [-0.15, -0.1) is 24.8 Å². The van der Waals surface area contributed by atoms with Crippen LogP contribution in [0.4, 0.5) is 13.2 Å². The Balaban J connectivity index is 2.74. The molecular weight excluding hydrogens is 271 g/mol. The van der Waals surface area contributed by atoms with E-state index in [9.17, 15) is 18.0 Å². The summed E-state index contributed by atoms with van der Waals surface area (Å²) in [5.74, 6) is -0.384. The lowest BCUT2D eigenvalue weighted by atomic mass is 10.2. The van der Waals surface area contributed by atoms with Gasteiger partial charge in [0.2, 0.25) is 0 Å². The minimum absolute atomic E-state index is 0.275. The molecule has 0 aliphatic heterocycles. The SMILES string of the molecule is CN(CCCl)C(=O)c1ccc(OC(F)(F)F)cc1. The number of benzene rings is 1. The standard InChI is InChI=1S/C11H11ClF3NO2/c1-16(7-6-12)10(17)8-2-4-9(5-3-8)18-11(13,14)15/h2-5H,6-7H2,1H3. The maximum Gasteiger partial charge on any atom is 0.573 e. The summed E-state index contributed by atoms with van der Waals surface area (Å²) in [4.78, 5) is 13.1. The van der Waals surface area contributed by atoms with Gasteiger partial charge in [0.25, 0.3) is 5.91 Å². The molecule has 1 aromatic carbocycles. The van der Waals surface area contributed by atoms with Crippen LogP contribution in [0.15, 0.2) is 24.3 Å². The van der Waals surface area contributed by atoms with Crippen LogP contribution in [-0.2, 0) is 0 Å². The summed E-state index contributed by atoms with van der Waals surface area (Å²) in [6.45, 7) is 0.362. The number of rotatable bonds is 4. The summed E-state index contributed by atoms with van der Waals surface area (Å²) >= 11 is 5.49. The molecule has 0 unspecified atom stereocenters. The van der Waals surface area contributed by atoms with E-state index < -0.39 is 6.36 Å². The predicted octanol–water partition coefficient (Wildman–Crippen LogP) is 2.90. The minimum atomic E-state index is -4.74. The van der Waals surface area contributed by atoms with Gasteiger partial charge in [-0.1, -0.05) is 0 Å². The van der Waals surface area contributed by atoms with Crippen LogP contribution in [0.2, 0.25) is 0 Å². The van der Waals surface area contributed by atoms with Crippen molar-refractivity contribution in [3.05, 3.63) is 29.8 Å². The second kappa shape index (κ2) is 5.95. The molecule has 0 spiro atoms. The number of nitrogens with zero attached hydrogens (tertiary/aromatic N) is 1. The van der Waals surface area contributed by atoms with Gasteiger partial charge in [0.1, 0.15) is 5.75 Å². The Labute approximate surface area is 107 Å². The molecule has 1 amide bonds. The highest BCUT2D eigenvalue weighted by molar-refractivity contribution is 6.18. The lowest BCUT2D eigenvalue weighted by molar-refractivity contribution is -0.274. The highest BCUT2D eigenvalue weighted by atomic mass is 35.5. The number of alkyl halides is 4. The van der Waals surface area contributed by atoms with Gasteiger partial charge < -0.3 is 9.64 Å². The first-order valence-electron chi connectivity index (χ1n) is 5.00. The van der Waals surface area contributed by atoms with Crippen LogP contribution in [-0.4, -0.2) is 36.6 Å². The maximum absolute atomic E-state index is 11.9. The van der Waals surface area contributed by atoms with Gasteiger partial charge in [-0.2, -0.15) is 0 Å². The van der Waals surface area contributed by atoms with E-state index in [1.807, 2.05) is 0 Å². The Hall–Kier alpha value is -1.43. The molecule has 3 nitrogen and oxygen atoms in total. The molecule has 7 heteroatoms. The lowest BCUT2D eigenvalue weighted by Crippen LogP contribution is -2.28. The summed E-state index contributed by atoms with van der Waals surface area (Å²) in [6, 6.07) is 4.73. The van der Waals surface area contributed by atoms with Crippen LogP contribution >= 0.6 is 11.6 Å². The van der Waals surface area contributed by atoms with Crippen molar-refractivity contribution in [2.24, 2.45) is 0 Å². The Bertz CT molecular complexity index is 406. The fraction of sp³-hybridized carbons (Fsp3) is 0.364. The van der Waals surface area contributed by atoms with Crippen molar-refractivity contribution in [3.63, 3.8) is 0 Å². The number of amides is 1. The number of hydrogen-bond donors (Lipinski definition) is 0. The monoisotopic (exact) mass is 281 g/mol. The van der Waals surface area contributed by atoms with E-state index in [-0.39, 0.29) is 23.1 Å². The number of hydrogen-bond acceptors (Lipinski definition) is 2. The quantitative estimate of drug-likeness (QED) is 0.794. The molecule has 0 bridgehead atoms. The molecule has 1 rings (SSSR count). The predicted molar refractivity (Wildman–Crippen MR) is 60.8 cm³/mol. The van der Waals surface area contributed by atoms with Crippen LogP contribution in [0.3, 0.4) is 0 Å². The van der Waals surface area contributed by atoms with Crippen molar-refractivity contribution in [2.45, 2.75) is 6.36 Å². The highest BCUT2D eigenvalue weighted by Gasteiger charge is 2.31. The van der Waals surface area contributed by atoms with Gasteiger partial charge in [0, 0.05) is 25.0 Å². The zero-order chi connectivity index (χ0) is 13.8. The maximum atomic E-state index is 11.9. The molecule has 0 atom stereocenters. The third kappa shape index (κ3) is 4.44. The third-order valence-corrected chi connectivity index (χ3v) is 2.27. The van der Waals surface area contributed by atoms with E-state index >= 15 is 0 Å². The van der Waals surface area contributed by atoms with Gasteiger partial charge >= 0.3 is 6.36 Å². The fourth-order valence-electron chi connectivity index (χ4n) is 1.25. The van der Waals surface area contributed by atoms with E-state index in [0.717, 1.165) is 12.1 Å². The van der Waals surface area contributed by atoms with Crippen molar-refractivity contribution >= 4 is 17.5 Å². The van der Waals surface area contributed by atoms with Crippen molar-refractivity contribution in [2.75, 3.05) is 19.5 Å². The number of ether oxygens (including phenoxy) is 1. The second-order valence-electron chi connectivity index (χ2n) is 3.49. The molecule has 0 aromatic heterocycles. The van der Waals surface area contributed by atoms with Crippen LogP contribution in [0.5, 0.6) is 5.75 Å². The minimum Gasteiger partial charge on any atom is -0.406 e. The van der Waals surface area contributed by atoms with E-state index in [4.69, 9.17) is 11.6 Å². The smallest absolute Gasteiger partial charge is 0.406 e. The molecule has 0 radical (unpaired) electrons. The van der Waals surface area contributed by atoms with Crippen LogP contribution < -0.4 is 4.74 Å². The largest absolute Gasteiger partial charge is 0.573 e. The number of carbonyl (C=O) groups is 1. The van der Waals surface area contributed by atoms with E-state index in [0.29, 0.717) is 6.54 Å². The average Bonchev–Trinajstić information content (AvgIpc) is 2.27. The summed E-state index contributed by atoms with van der Waals surface area (Å²) in [5.41, 5.74) is 0.275. The zero-order valence-electron chi connectivity index (χ0n) is 9.50. The molecule has 1 aromatic rings. The molecule has 0 N–H and O–H groups in total. The Morgan fingerprint density at radius 2 is 1.89 bits per heavy atom.